The molecule has 2 rings (SSSR count). The van der Waals surface area contributed by atoms with E-state index in [2.05, 4.69) is 20.6 Å². The standard InChI is InChI=1S/C18H25N5O3/c1-5-23(12(4)16(24)22-18(26)19-11(2)3)10-15-20-14-9-7-6-8-13(14)17(25)21-15/h6-9,11-12H,5,10H2,1-4H3,(H,20,21,25)(H2,19,22,24,26). The normalized spacial score (nSPS) is 12.4. The number of likely N-dealkylation sites (N-methyl/N-ethyl adjacent to an activating group) is 1. The van der Waals surface area contributed by atoms with Gasteiger partial charge in [-0.1, -0.05) is 19.1 Å². The number of nitrogens with zero attached hydrogens (tertiary/aromatic N) is 2. The van der Waals surface area contributed by atoms with Crippen LogP contribution >= 0.6 is 0 Å². The molecule has 0 saturated carbocycles. The summed E-state index contributed by atoms with van der Waals surface area (Å²) in [5, 5.41) is 5.47. The molecule has 0 fully saturated rings. The van der Waals surface area contributed by atoms with Gasteiger partial charge >= 0.3 is 6.03 Å². The van der Waals surface area contributed by atoms with Crippen LogP contribution in [0, 0.1) is 0 Å². The number of urea groups is 1. The van der Waals surface area contributed by atoms with E-state index in [-0.39, 0.29) is 18.1 Å². The van der Waals surface area contributed by atoms with Gasteiger partial charge in [0.1, 0.15) is 5.82 Å². The van der Waals surface area contributed by atoms with E-state index >= 15 is 0 Å². The molecule has 8 nitrogen and oxygen atoms in total. The van der Waals surface area contributed by atoms with Crippen molar-refractivity contribution in [3.05, 3.63) is 40.4 Å². The van der Waals surface area contributed by atoms with Crippen molar-refractivity contribution in [3.63, 3.8) is 0 Å². The second kappa shape index (κ2) is 8.57. The average Bonchev–Trinajstić information content (AvgIpc) is 2.58. The molecule has 0 saturated heterocycles. The summed E-state index contributed by atoms with van der Waals surface area (Å²) in [7, 11) is 0. The van der Waals surface area contributed by atoms with Crippen LogP contribution < -0.4 is 16.2 Å². The van der Waals surface area contributed by atoms with E-state index in [0.29, 0.717) is 23.3 Å². The van der Waals surface area contributed by atoms with Gasteiger partial charge in [-0.25, -0.2) is 9.78 Å². The highest BCUT2D eigenvalue weighted by Gasteiger charge is 2.23. The number of fused-ring (bicyclic) bond motifs is 1. The van der Waals surface area contributed by atoms with Gasteiger partial charge in [-0.2, -0.15) is 0 Å². The van der Waals surface area contributed by atoms with Gasteiger partial charge in [0.05, 0.1) is 23.5 Å². The number of para-hydroxylation sites is 1. The molecule has 1 unspecified atom stereocenters. The second-order valence-corrected chi connectivity index (χ2v) is 6.39. The number of rotatable bonds is 6. The highest BCUT2D eigenvalue weighted by Crippen LogP contribution is 2.09. The Bertz CT molecular complexity index is 846. The van der Waals surface area contributed by atoms with Crippen molar-refractivity contribution >= 4 is 22.8 Å². The molecule has 2 aromatic rings. The van der Waals surface area contributed by atoms with Crippen molar-refractivity contribution in [2.45, 2.75) is 46.3 Å². The molecular weight excluding hydrogens is 334 g/mol. The fourth-order valence-electron chi connectivity index (χ4n) is 2.61. The van der Waals surface area contributed by atoms with Crippen molar-refractivity contribution in [2.24, 2.45) is 0 Å². The number of aromatic nitrogens is 2. The van der Waals surface area contributed by atoms with Crippen molar-refractivity contribution in [1.82, 2.24) is 25.5 Å². The van der Waals surface area contributed by atoms with Crippen molar-refractivity contribution in [3.8, 4) is 0 Å². The molecule has 0 aliphatic rings. The zero-order chi connectivity index (χ0) is 19.3. The maximum absolute atomic E-state index is 12.3. The summed E-state index contributed by atoms with van der Waals surface area (Å²) in [5.74, 6) is 0.0648. The van der Waals surface area contributed by atoms with E-state index in [1.54, 1.807) is 25.1 Å². The third kappa shape index (κ3) is 4.89. The summed E-state index contributed by atoms with van der Waals surface area (Å²) < 4.78 is 0. The highest BCUT2D eigenvalue weighted by atomic mass is 16.2. The summed E-state index contributed by atoms with van der Waals surface area (Å²) >= 11 is 0. The van der Waals surface area contributed by atoms with Crippen molar-refractivity contribution < 1.29 is 9.59 Å². The molecule has 140 valence electrons. The van der Waals surface area contributed by atoms with Gasteiger partial charge in [0.15, 0.2) is 0 Å². The maximum Gasteiger partial charge on any atom is 0.321 e. The number of hydrogen-bond acceptors (Lipinski definition) is 5. The minimum absolute atomic E-state index is 0.0627. The largest absolute Gasteiger partial charge is 0.336 e. The first-order valence-corrected chi connectivity index (χ1v) is 8.65. The van der Waals surface area contributed by atoms with Crippen LogP contribution in [0.2, 0.25) is 0 Å². The number of benzene rings is 1. The smallest absolute Gasteiger partial charge is 0.321 e. The minimum Gasteiger partial charge on any atom is -0.336 e. The van der Waals surface area contributed by atoms with Crippen LogP contribution in [0.3, 0.4) is 0 Å². The zero-order valence-electron chi connectivity index (χ0n) is 15.5. The number of carbonyl (C=O) groups is 2. The maximum atomic E-state index is 12.3. The van der Waals surface area contributed by atoms with Crippen LogP contribution in [-0.2, 0) is 11.3 Å². The summed E-state index contributed by atoms with van der Waals surface area (Å²) in [6, 6.07) is 5.95. The van der Waals surface area contributed by atoms with Gasteiger partial charge in [-0.05, 0) is 39.4 Å². The van der Waals surface area contributed by atoms with Crippen molar-refractivity contribution in [2.75, 3.05) is 6.54 Å². The Balaban J connectivity index is 2.12. The van der Waals surface area contributed by atoms with Gasteiger partial charge in [-0.3, -0.25) is 19.8 Å². The fourth-order valence-corrected chi connectivity index (χ4v) is 2.61. The molecule has 0 spiro atoms. The van der Waals surface area contributed by atoms with E-state index in [0.717, 1.165) is 0 Å². The van der Waals surface area contributed by atoms with E-state index in [1.807, 2.05) is 31.7 Å². The van der Waals surface area contributed by atoms with Crippen LogP contribution in [0.4, 0.5) is 4.79 Å². The second-order valence-electron chi connectivity index (χ2n) is 6.39. The topological polar surface area (TPSA) is 107 Å². The lowest BCUT2D eigenvalue weighted by Gasteiger charge is -2.26. The SMILES string of the molecule is CCN(Cc1nc2ccccc2c(=O)[nH]1)C(C)C(=O)NC(=O)NC(C)C. The van der Waals surface area contributed by atoms with E-state index in [1.165, 1.54) is 0 Å². The molecule has 1 atom stereocenters. The number of amides is 3. The Morgan fingerprint density at radius 2 is 1.92 bits per heavy atom. The van der Waals surface area contributed by atoms with Gasteiger partial charge in [0, 0.05) is 6.04 Å². The van der Waals surface area contributed by atoms with E-state index in [9.17, 15) is 14.4 Å². The Kier molecular flexibility index (Phi) is 6.46. The molecule has 1 aromatic carbocycles. The number of hydrogen-bond donors (Lipinski definition) is 3. The van der Waals surface area contributed by atoms with E-state index in [4.69, 9.17) is 0 Å². The molecule has 1 aromatic heterocycles. The number of imide groups is 1. The first-order valence-electron chi connectivity index (χ1n) is 8.65. The lowest BCUT2D eigenvalue weighted by Crippen LogP contribution is -2.50. The molecule has 0 aliphatic heterocycles. The summed E-state index contributed by atoms with van der Waals surface area (Å²) in [4.78, 5) is 45.2. The number of carbonyl (C=O) groups excluding carboxylic acids is 2. The molecule has 0 aliphatic carbocycles. The average molecular weight is 359 g/mol. The highest BCUT2D eigenvalue weighted by molar-refractivity contribution is 5.96. The zero-order valence-corrected chi connectivity index (χ0v) is 15.5. The summed E-state index contributed by atoms with van der Waals surface area (Å²) in [5.41, 5.74) is 0.394. The van der Waals surface area contributed by atoms with Crippen LogP contribution in [0.25, 0.3) is 10.9 Å². The third-order valence-corrected chi connectivity index (χ3v) is 4.00. The summed E-state index contributed by atoms with van der Waals surface area (Å²) in [6.07, 6.45) is 0. The molecule has 3 N–H and O–H groups in total. The Morgan fingerprint density at radius 3 is 2.58 bits per heavy atom. The van der Waals surface area contributed by atoms with Crippen LogP contribution in [0.15, 0.2) is 29.1 Å². The molecule has 3 amide bonds. The summed E-state index contributed by atoms with van der Waals surface area (Å²) in [6.45, 7) is 8.08. The molecular formula is C18H25N5O3. The lowest BCUT2D eigenvalue weighted by atomic mass is 10.2. The van der Waals surface area contributed by atoms with Gasteiger partial charge in [0.25, 0.3) is 5.56 Å². The number of nitrogens with one attached hydrogen (secondary N) is 3. The lowest BCUT2D eigenvalue weighted by molar-refractivity contribution is -0.124. The predicted molar refractivity (Wildman–Crippen MR) is 99.7 cm³/mol. The Hall–Kier alpha value is -2.74. The van der Waals surface area contributed by atoms with Crippen molar-refractivity contribution in [1.29, 1.82) is 0 Å². The van der Waals surface area contributed by atoms with Gasteiger partial charge < -0.3 is 10.3 Å². The molecule has 26 heavy (non-hydrogen) atoms. The van der Waals surface area contributed by atoms with E-state index < -0.39 is 18.0 Å². The van der Waals surface area contributed by atoms with Gasteiger partial charge in [-0.15, -0.1) is 0 Å². The monoisotopic (exact) mass is 359 g/mol. The first-order chi connectivity index (χ1) is 12.3. The number of H-pyrrole nitrogens is 1. The Labute approximate surface area is 152 Å². The fraction of sp³-hybridized carbons (Fsp3) is 0.444. The molecule has 0 radical (unpaired) electrons. The minimum atomic E-state index is -0.560. The van der Waals surface area contributed by atoms with Crippen LogP contribution in [-0.4, -0.2) is 45.4 Å². The molecule has 1 heterocycles. The first kappa shape index (κ1) is 19.6. The predicted octanol–water partition coefficient (Wildman–Crippen LogP) is 1.37. The third-order valence-electron chi connectivity index (χ3n) is 4.00. The molecule has 0 bridgehead atoms. The van der Waals surface area contributed by atoms with Crippen LogP contribution in [0.1, 0.15) is 33.5 Å². The Morgan fingerprint density at radius 1 is 1.23 bits per heavy atom. The van der Waals surface area contributed by atoms with Gasteiger partial charge in [0.2, 0.25) is 5.91 Å². The molecule has 8 heteroatoms. The van der Waals surface area contributed by atoms with Crippen LogP contribution in [0.5, 0.6) is 0 Å². The quantitative estimate of drug-likeness (QED) is 0.722. The number of aromatic amines is 1.